The SMILES string of the molecule is CCCC(CCO[Si](c1ccccc1)(c1ccccc1)C(C)(C)C)Nc1nc(NC(=O)OC)nc2cnn(Cc3ccc(C(=O)O)c4cccnc34)c12. The predicted molar refractivity (Wildman–Crippen MR) is 210 cm³/mol. The van der Waals surface area contributed by atoms with Crippen LogP contribution in [0.15, 0.2) is 97.3 Å². The molecule has 0 bridgehead atoms. The summed E-state index contributed by atoms with van der Waals surface area (Å²) in [4.78, 5) is 38.0. The summed E-state index contributed by atoms with van der Waals surface area (Å²) in [6.45, 7) is 9.71. The lowest BCUT2D eigenvalue weighted by Gasteiger charge is -2.43. The zero-order valence-electron chi connectivity index (χ0n) is 30.7. The van der Waals surface area contributed by atoms with Crippen molar-refractivity contribution in [2.75, 3.05) is 24.4 Å². The van der Waals surface area contributed by atoms with Crippen molar-refractivity contribution >= 4 is 64.5 Å². The first-order chi connectivity index (χ1) is 25.6. The van der Waals surface area contributed by atoms with Crippen LogP contribution in [0.1, 0.15) is 62.9 Å². The number of carbonyl (C=O) groups is 2. The number of fused-ring (bicyclic) bond motifs is 2. The summed E-state index contributed by atoms with van der Waals surface area (Å²) in [7, 11) is -1.47. The van der Waals surface area contributed by atoms with E-state index in [4.69, 9.17) is 14.1 Å². The molecule has 3 heterocycles. The van der Waals surface area contributed by atoms with E-state index in [1.807, 2.05) is 12.1 Å². The lowest BCUT2D eigenvalue weighted by molar-refractivity contribution is 0.0699. The first-order valence-corrected chi connectivity index (χ1v) is 19.7. The number of rotatable bonds is 14. The Bertz CT molecular complexity index is 2170. The predicted octanol–water partition coefficient (Wildman–Crippen LogP) is 6.85. The maximum Gasteiger partial charge on any atom is 0.413 e. The molecule has 274 valence electrons. The van der Waals surface area contributed by atoms with Crippen molar-refractivity contribution in [2.24, 2.45) is 0 Å². The van der Waals surface area contributed by atoms with Crippen LogP contribution in [0.4, 0.5) is 16.6 Å². The normalized spacial score (nSPS) is 12.5. The number of ether oxygens (including phenoxy) is 1. The first-order valence-electron chi connectivity index (χ1n) is 17.8. The molecule has 3 aromatic heterocycles. The highest BCUT2D eigenvalue weighted by atomic mass is 28.4. The molecule has 0 aliphatic heterocycles. The van der Waals surface area contributed by atoms with E-state index in [0.29, 0.717) is 40.8 Å². The minimum Gasteiger partial charge on any atom is -0.478 e. The second-order valence-electron chi connectivity index (χ2n) is 14.0. The molecule has 0 spiro atoms. The van der Waals surface area contributed by atoms with E-state index < -0.39 is 20.4 Å². The van der Waals surface area contributed by atoms with Crippen LogP contribution in [0.5, 0.6) is 0 Å². The highest BCUT2D eigenvalue weighted by molar-refractivity contribution is 6.99. The standard InChI is InChI=1S/C40H45N7O5Si/c1-6-14-28(22-24-52-53(40(2,3)4,29-15-9-7-10-16-29)30-17-11-8-12-18-30)43-36-35-33(44-38(45-36)46-39(50)51-5)25-42-47(35)26-27-20-21-32(37(48)49)31-19-13-23-41-34(27)31/h7-13,15-21,23,25,28H,6,14,22,24,26H2,1-5H3,(H,48,49)(H2,43,44,45,46,50). The number of carboxylic acid groups (broad SMARTS) is 1. The minimum absolute atomic E-state index is 0.0528. The Kier molecular flexibility index (Phi) is 11.1. The lowest BCUT2D eigenvalue weighted by atomic mass is 10.0. The Morgan fingerprint density at radius 3 is 2.25 bits per heavy atom. The number of carboxylic acids is 1. The second-order valence-corrected chi connectivity index (χ2v) is 18.3. The van der Waals surface area contributed by atoms with Gasteiger partial charge in [0.15, 0.2) is 5.82 Å². The number of amides is 1. The number of nitrogens with zero attached hydrogens (tertiary/aromatic N) is 5. The number of carbonyl (C=O) groups excluding carboxylic acids is 1. The molecule has 3 aromatic carbocycles. The van der Waals surface area contributed by atoms with Gasteiger partial charge in [0.25, 0.3) is 8.32 Å². The molecule has 3 N–H and O–H groups in total. The van der Waals surface area contributed by atoms with Crippen LogP contribution >= 0.6 is 0 Å². The minimum atomic E-state index is -2.75. The van der Waals surface area contributed by atoms with Gasteiger partial charge in [0.05, 0.1) is 30.9 Å². The molecule has 0 saturated heterocycles. The quantitative estimate of drug-likeness (QED) is 0.101. The summed E-state index contributed by atoms with van der Waals surface area (Å²) in [6, 6.07) is 27.9. The van der Waals surface area contributed by atoms with Crippen molar-refractivity contribution in [1.82, 2.24) is 24.7 Å². The molecular formula is C40H45N7O5Si. The van der Waals surface area contributed by atoms with Gasteiger partial charge in [-0.15, -0.1) is 0 Å². The zero-order chi connectivity index (χ0) is 37.6. The van der Waals surface area contributed by atoms with Crippen LogP contribution in [0.3, 0.4) is 0 Å². The number of anilines is 2. The number of methoxy groups -OCH3 is 1. The van der Waals surface area contributed by atoms with E-state index in [1.165, 1.54) is 17.5 Å². The number of aromatic carboxylic acids is 1. The fourth-order valence-corrected chi connectivity index (χ4v) is 11.6. The van der Waals surface area contributed by atoms with Gasteiger partial charge in [-0.05, 0) is 45.9 Å². The van der Waals surface area contributed by atoms with E-state index in [2.05, 4.69) is 102 Å². The molecule has 0 aliphatic rings. The van der Waals surface area contributed by atoms with Crippen LogP contribution in [0.2, 0.25) is 5.04 Å². The van der Waals surface area contributed by atoms with Crippen molar-refractivity contribution in [3.8, 4) is 0 Å². The number of hydrogen-bond donors (Lipinski definition) is 3. The summed E-state index contributed by atoms with van der Waals surface area (Å²) in [5, 5.41) is 23.5. The summed E-state index contributed by atoms with van der Waals surface area (Å²) < 4.78 is 13.8. The van der Waals surface area contributed by atoms with Gasteiger partial charge >= 0.3 is 12.1 Å². The number of benzene rings is 3. The Balaban J connectivity index is 1.35. The van der Waals surface area contributed by atoms with Gasteiger partial charge in [0.2, 0.25) is 5.95 Å². The maximum absolute atomic E-state index is 12.2. The highest BCUT2D eigenvalue weighted by Gasteiger charge is 2.50. The van der Waals surface area contributed by atoms with E-state index in [0.717, 1.165) is 18.4 Å². The monoisotopic (exact) mass is 731 g/mol. The molecule has 0 radical (unpaired) electrons. The molecule has 6 rings (SSSR count). The summed E-state index contributed by atoms with van der Waals surface area (Å²) in [6.07, 6.45) is 4.99. The molecule has 6 aromatic rings. The molecule has 1 atom stereocenters. The first kappa shape index (κ1) is 37.1. The molecule has 0 aliphatic carbocycles. The maximum atomic E-state index is 12.2. The number of pyridine rings is 1. The van der Waals surface area contributed by atoms with Crippen molar-refractivity contribution in [1.29, 1.82) is 0 Å². The Morgan fingerprint density at radius 2 is 1.62 bits per heavy atom. The topological polar surface area (TPSA) is 153 Å². The van der Waals surface area contributed by atoms with Crippen molar-refractivity contribution in [2.45, 2.75) is 64.6 Å². The Hall–Kier alpha value is -5.66. The van der Waals surface area contributed by atoms with E-state index in [-0.39, 0.29) is 29.1 Å². The van der Waals surface area contributed by atoms with Gasteiger partial charge in [0, 0.05) is 24.2 Å². The Morgan fingerprint density at radius 1 is 0.925 bits per heavy atom. The summed E-state index contributed by atoms with van der Waals surface area (Å²) >= 11 is 0. The van der Waals surface area contributed by atoms with Gasteiger partial charge in [0.1, 0.15) is 11.0 Å². The van der Waals surface area contributed by atoms with Crippen LogP contribution in [0.25, 0.3) is 21.9 Å². The highest BCUT2D eigenvalue weighted by Crippen LogP contribution is 2.37. The average molecular weight is 732 g/mol. The molecule has 1 amide bonds. The zero-order valence-corrected chi connectivity index (χ0v) is 31.7. The fraction of sp³-hybridized carbons (Fsp3) is 0.300. The van der Waals surface area contributed by atoms with Crippen molar-refractivity contribution in [3.05, 3.63) is 108 Å². The van der Waals surface area contributed by atoms with Gasteiger partial charge < -0.3 is 19.6 Å². The number of nitrogens with one attached hydrogen (secondary N) is 2. The number of hydrogen-bond acceptors (Lipinski definition) is 9. The summed E-state index contributed by atoms with van der Waals surface area (Å²) in [5.74, 6) is -0.462. The van der Waals surface area contributed by atoms with E-state index in [1.54, 1.807) is 41.3 Å². The van der Waals surface area contributed by atoms with Gasteiger partial charge in [-0.3, -0.25) is 15.0 Å². The molecule has 0 fully saturated rings. The third-order valence-corrected chi connectivity index (χ3v) is 14.5. The largest absolute Gasteiger partial charge is 0.478 e. The van der Waals surface area contributed by atoms with Crippen LogP contribution < -0.4 is 21.0 Å². The lowest BCUT2D eigenvalue weighted by Crippen LogP contribution is -2.66. The molecular weight excluding hydrogens is 687 g/mol. The summed E-state index contributed by atoms with van der Waals surface area (Å²) in [5.41, 5.74) is 2.66. The molecule has 1 unspecified atom stereocenters. The molecule has 0 saturated carbocycles. The van der Waals surface area contributed by atoms with Crippen molar-refractivity contribution in [3.63, 3.8) is 0 Å². The molecule has 12 nitrogen and oxygen atoms in total. The van der Waals surface area contributed by atoms with Gasteiger partial charge in [-0.1, -0.05) is 107 Å². The smallest absolute Gasteiger partial charge is 0.413 e. The average Bonchev–Trinajstić information content (AvgIpc) is 3.56. The van der Waals surface area contributed by atoms with Crippen LogP contribution in [-0.2, 0) is 15.7 Å². The molecule has 53 heavy (non-hydrogen) atoms. The third kappa shape index (κ3) is 7.76. The third-order valence-electron chi connectivity index (χ3n) is 9.47. The Labute approximate surface area is 309 Å². The van der Waals surface area contributed by atoms with Crippen LogP contribution in [0, 0.1) is 0 Å². The number of aromatic nitrogens is 5. The van der Waals surface area contributed by atoms with E-state index >= 15 is 0 Å². The van der Waals surface area contributed by atoms with Gasteiger partial charge in [-0.2, -0.15) is 10.1 Å². The van der Waals surface area contributed by atoms with Crippen LogP contribution in [-0.4, -0.2) is 70.0 Å². The van der Waals surface area contributed by atoms with E-state index in [9.17, 15) is 14.7 Å². The van der Waals surface area contributed by atoms with Gasteiger partial charge in [-0.25, -0.2) is 14.6 Å². The van der Waals surface area contributed by atoms with Crippen molar-refractivity contribution < 1.29 is 23.9 Å². The molecule has 13 heteroatoms. The second kappa shape index (κ2) is 15.9. The fourth-order valence-electron chi connectivity index (χ4n) is 7.07.